The molecule has 100 valence electrons. The van der Waals surface area contributed by atoms with Crippen LogP contribution in [0.2, 0.25) is 0 Å². The maximum atomic E-state index is 12.3. The molecule has 19 heavy (non-hydrogen) atoms. The van der Waals surface area contributed by atoms with E-state index >= 15 is 0 Å². The monoisotopic (exact) mass is 296 g/mol. The largest absolute Gasteiger partial charge is 0.478 e. The molecule has 1 aromatic heterocycles. The average molecular weight is 296 g/mol. The maximum absolute atomic E-state index is 12.3. The van der Waals surface area contributed by atoms with E-state index in [-0.39, 0.29) is 16.2 Å². The Kier molecular flexibility index (Phi) is 3.73. The molecular formula is C13H12O4S2. The topological polar surface area (TPSA) is 71.4 Å². The average Bonchev–Trinajstić information content (AvgIpc) is 2.81. The highest BCUT2D eigenvalue weighted by Crippen LogP contribution is 2.23. The summed E-state index contributed by atoms with van der Waals surface area (Å²) < 4.78 is 24.6. The highest BCUT2D eigenvalue weighted by atomic mass is 32.2. The minimum absolute atomic E-state index is 0.0182. The van der Waals surface area contributed by atoms with Gasteiger partial charge in [-0.2, -0.15) is 0 Å². The zero-order chi connectivity index (χ0) is 14.0. The molecule has 0 bridgehead atoms. The Morgan fingerprint density at radius 2 is 2.05 bits per heavy atom. The molecule has 0 atom stereocenters. The molecule has 0 aliphatic rings. The molecule has 0 fully saturated rings. The van der Waals surface area contributed by atoms with Crippen LogP contribution in [0.15, 0.2) is 40.6 Å². The number of hydrogen-bond donors (Lipinski definition) is 1. The van der Waals surface area contributed by atoms with Gasteiger partial charge >= 0.3 is 5.97 Å². The van der Waals surface area contributed by atoms with Gasteiger partial charge in [0.05, 0.1) is 16.2 Å². The van der Waals surface area contributed by atoms with Gasteiger partial charge in [0.15, 0.2) is 9.84 Å². The quantitative estimate of drug-likeness (QED) is 0.941. The third-order valence-corrected chi connectivity index (χ3v) is 5.54. The van der Waals surface area contributed by atoms with Gasteiger partial charge in [-0.3, -0.25) is 0 Å². The maximum Gasteiger partial charge on any atom is 0.335 e. The van der Waals surface area contributed by atoms with Gasteiger partial charge in [-0.05, 0) is 36.1 Å². The van der Waals surface area contributed by atoms with E-state index in [0.717, 1.165) is 4.88 Å². The molecule has 1 heterocycles. The van der Waals surface area contributed by atoms with Crippen LogP contribution in [0.3, 0.4) is 0 Å². The normalized spacial score (nSPS) is 11.4. The van der Waals surface area contributed by atoms with Crippen molar-refractivity contribution in [3.8, 4) is 0 Å². The zero-order valence-corrected chi connectivity index (χ0v) is 11.8. The van der Waals surface area contributed by atoms with Gasteiger partial charge in [0.2, 0.25) is 0 Å². The Labute approximate surface area is 115 Å². The smallest absolute Gasteiger partial charge is 0.335 e. The lowest BCUT2D eigenvalue weighted by Crippen LogP contribution is -2.08. The van der Waals surface area contributed by atoms with E-state index in [1.54, 1.807) is 19.1 Å². The lowest BCUT2D eigenvalue weighted by molar-refractivity contribution is 0.0696. The van der Waals surface area contributed by atoms with E-state index in [0.29, 0.717) is 5.56 Å². The fourth-order valence-corrected chi connectivity index (χ4v) is 4.45. The summed E-state index contributed by atoms with van der Waals surface area (Å²) in [4.78, 5) is 11.7. The number of rotatable bonds is 4. The SMILES string of the molecule is Cc1ccc(C(=O)O)cc1S(=O)(=O)Cc1cccs1. The van der Waals surface area contributed by atoms with Gasteiger partial charge in [-0.1, -0.05) is 12.1 Å². The van der Waals surface area contributed by atoms with Crippen molar-refractivity contribution in [2.75, 3.05) is 0 Å². The molecule has 0 aliphatic heterocycles. The molecule has 1 N–H and O–H groups in total. The van der Waals surface area contributed by atoms with Gasteiger partial charge in [-0.25, -0.2) is 13.2 Å². The molecule has 0 saturated heterocycles. The highest BCUT2D eigenvalue weighted by Gasteiger charge is 2.20. The number of carboxylic acid groups (broad SMARTS) is 1. The summed E-state index contributed by atoms with van der Waals surface area (Å²) >= 11 is 1.37. The Hall–Kier alpha value is -1.66. The van der Waals surface area contributed by atoms with Crippen LogP contribution in [-0.2, 0) is 15.6 Å². The second-order valence-electron chi connectivity index (χ2n) is 4.12. The van der Waals surface area contributed by atoms with Crippen LogP contribution in [-0.4, -0.2) is 19.5 Å². The predicted octanol–water partition coefficient (Wildman–Crippen LogP) is 2.73. The van der Waals surface area contributed by atoms with Crippen molar-refractivity contribution in [3.63, 3.8) is 0 Å². The predicted molar refractivity (Wildman–Crippen MR) is 73.3 cm³/mol. The molecular weight excluding hydrogens is 284 g/mol. The van der Waals surface area contributed by atoms with Gasteiger partial charge in [0.1, 0.15) is 0 Å². The molecule has 0 amide bonds. The number of sulfone groups is 1. The molecule has 0 saturated carbocycles. The van der Waals surface area contributed by atoms with E-state index in [4.69, 9.17) is 5.11 Å². The lowest BCUT2D eigenvalue weighted by atomic mass is 10.1. The fourth-order valence-electron chi connectivity index (χ4n) is 1.73. The molecule has 0 spiro atoms. The number of thiophene rings is 1. The van der Waals surface area contributed by atoms with E-state index in [1.165, 1.54) is 29.5 Å². The third kappa shape index (κ3) is 3.02. The van der Waals surface area contributed by atoms with Crippen LogP contribution < -0.4 is 0 Å². The van der Waals surface area contributed by atoms with Gasteiger partial charge < -0.3 is 5.11 Å². The van der Waals surface area contributed by atoms with Crippen molar-refractivity contribution in [1.82, 2.24) is 0 Å². The van der Waals surface area contributed by atoms with E-state index in [2.05, 4.69) is 0 Å². The first-order chi connectivity index (χ1) is 8.90. The summed E-state index contributed by atoms with van der Waals surface area (Å²) in [7, 11) is -3.52. The fraction of sp³-hybridized carbons (Fsp3) is 0.154. The third-order valence-electron chi connectivity index (χ3n) is 2.68. The zero-order valence-electron chi connectivity index (χ0n) is 10.2. The van der Waals surface area contributed by atoms with Crippen molar-refractivity contribution in [1.29, 1.82) is 0 Å². The van der Waals surface area contributed by atoms with Crippen LogP contribution in [0.1, 0.15) is 20.8 Å². The summed E-state index contributed by atoms with van der Waals surface area (Å²) in [5, 5.41) is 10.7. The van der Waals surface area contributed by atoms with Crippen LogP contribution in [0.4, 0.5) is 0 Å². The molecule has 2 aromatic rings. The van der Waals surface area contributed by atoms with Crippen LogP contribution in [0.25, 0.3) is 0 Å². The Balaban J connectivity index is 2.45. The number of aromatic carboxylic acids is 1. The molecule has 6 heteroatoms. The van der Waals surface area contributed by atoms with Gasteiger partial charge in [0, 0.05) is 4.88 Å². The minimum Gasteiger partial charge on any atom is -0.478 e. The number of aryl methyl sites for hydroxylation is 1. The minimum atomic E-state index is -3.52. The highest BCUT2D eigenvalue weighted by molar-refractivity contribution is 7.90. The van der Waals surface area contributed by atoms with Crippen LogP contribution >= 0.6 is 11.3 Å². The number of hydrogen-bond acceptors (Lipinski definition) is 4. The van der Waals surface area contributed by atoms with Crippen molar-refractivity contribution in [2.45, 2.75) is 17.6 Å². The molecule has 0 aliphatic carbocycles. The first-order valence-corrected chi connectivity index (χ1v) is 8.02. The Bertz CT molecular complexity index is 700. The standard InChI is InChI=1S/C13H12O4S2/c1-9-4-5-10(13(14)15)7-12(9)19(16,17)8-11-3-2-6-18-11/h2-7H,8H2,1H3,(H,14,15). The van der Waals surface area contributed by atoms with Gasteiger partial charge in [-0.15, -0.1) is 11.3 Å². The Morgan fingerprint density at radius 1 is 1.32 bits per heavy atom. The number of carbonyl (C=O) groups is 1. The van der Waals surface area contributed by atoms with E-state index in [9.17, 15) is 13.2 Å². The lowest BCUT2D eigenvalue weighted by Gasteiger charge is -2.07. The van der Waals surface area contributed by atoms with Crippen molar-refractivity contribution in [2.24, 2.45) is 0 Å². The summed E-state index contributed by atoms with van der Waals surface area (Å²) in [5.41, 5.74) is 0.539. The number of carboxylic acids is 1. The summed E-state index contributed by atoms with van der Waals surface area (Å²) in [6, 6.07) is 7.68. The van der Waals surface area contributed by atoms with E-state index in [1.807, 2.05) is 5.38 Å². The number of benzene rings is 1. The van der Waals surface area contributed by atoms with Crippen LogP contribution in [0.5, 0.6) is 0 Å². The van der Waals surface area contributed by atoms with Crippen LogP contribution in [0, 0.1) is 6.92 Å². The molecule has 0 radical (unpaired) electrons. The summed E-state index contributed by atoms with van der Waals surface area (Å²) in [6.07, 6.45) is 0. The van der Waals surface area contributed by atoms with Crippen molar-refractivity contribution in [3.05, 3.63) is 51.7 Å². The second kappa shape index (κ2) is 5.14. The Morgan fingerprint density at radius 3 is 2.63 bits per heavy atom. The first kappa shape index (κ1) is 13.8. The second-order valence-corrected chi connectivity index (χ2v) is 7.11. The first-order valence-electron chi connectivity index (χ1n) is 5.49. The van der Waals surface area contributed by atoms with E-state index < -0.39 is 15.8 Å². The summed E-state index contributed by atoms with van der Waals surface area (Å²) in [5.74, 6) is -1.23. The summed E-state index contributed by atoms with van der Waals surface area (Å²) in [6.45, 7) is 1.66. The molecule has 1 aromatic carbocycles. The van der Waals surface area contributed by atoms with Crippen molar-refractivity contribution < 1.29 is 18.3 Å². The molecule has 4 nitrogen and oxygen atoms in total. The molecule has 0 unspecified atom stereocenters. The van der Waals surface area contributed by atoms with Gasteiger partial charge in [0.25, 0.3) is 0 Å². The van der Waals surface area contributed by atoms with Crippen molar-refractivity contribution >= 4 is 27.1 Å². The molecule has 2 rings (SSSR count).